The SMILES string of the molecule is CC(C)c1cccc(C(C)C)c1-n1c(-c2[c-]ccc3c2oc2ccccc23)nc2cc(C(C)(C)C)ncc21.[2H]C([2H])([2H])c1c[c-]c(-c2ccc(C([2H])([2H])[2H])cn2)cc1.[Ir]. The first-order valence-electron chi connectivity index (χ1n) is 20.7. The zero-order chi connectivity index (χ0) is 41.7. The minimum atomic E-state index is -2.18. The number of nitrogens with zero attached hydrogens (tertiary/aromatic N) is 4. The summed E-state index contributed by atoms with van der Waals surface area (Å²) < 4.78 is 52.4. The second kappa shape index (κ2) is 15.2. The molecule has 0 saturated heterocycles. The maximum absolute atomic E-state index is 7.28. The average molecular weight is 881 g/mol. The maximum Gasteiger partial charge on any atom is 0.120 e. The van der Waals surface area contributed by atoms with Gasteiger partial charge in [0.1, 0.15) is 5.58 Å². The zero-order valence-electron chi connectivity index (χ0n) is 37.0. The van der Waals surface area contributed by atoms with Crippen molar-refractivity contribution in [3.63, 3.8) is 0 Å². The van der Waals surface area contributed by atoms with Crippen LogP contribution in [-0.4, -0.2) is 19.5 Å². The topological polar surface area (TPSA) is 56.7 Å². The molecule has 53 heavy (non-hydrogen) atoms. The third kappa shape index (κ3) is 7.49. The number of hydrogen-bond donors (Lipinski definition) is 0. The minimum Gasteiger partial charge on any atom is -0.501 e. The molecule has 0 amide bonds. The Bertz CT molecular complexity index is 2660. The van der Waals surface area contributed by atoms with E-state index in [4.69, 9.17) is 22.6 Å². The van der Waals surface area contributed by atoms with Crippen LogP contribution in [0.2, 0.25) is 0 Å². The van der Waals surface area contributed by atoms with Crippen molar-refractivity contribution < 1.29 is 32.7 Å². The molecule has 0 aliphatic carbocycles. The monoisotopic (exact) mass is 881 g/mol. The van der Waals surface area contributed by atoms with E-state index >= 15 is 0 Å². The van der Waals surface area contributed by atoms with Crippen LogP contribution in [0.3, 0.4) is 0 Å². The average Bonchev–Trinajstić information content (AvgIpc) is 3.75. The smallest absolute Gasteiger partial charge is 0.120 e. The fourth-order valence-corrected chi connectivity index (χ4v) is 6.55. The predicted octanol–water partition coefficient (Wildman–Crippen LogP) is 12.5. The Labute approximate surface area is 335 Å². The molecular formula is C47H46IrN4O-2. The molecule has 0 fully saturated rings. The van der Waals surface area contributed by atoms with Gasteiger partial charge in [0, 0.05) is 56.7 Å². The third-order valence-electron chi connectivity index (χ3n) is 9.29. The number of benzene rings is 4. The molecule has 0 aliphatic rings. The quantitative estimate of drug-likeness (QED) is 0.162. The molecule has 0 bridgehead atoms. The van der Waals surface area contributed by atoms with Gasteiger partial charge >= 0.3 is 0 Å². The van der Waals surface area contributed by atoms with Crippen LogP contribution in [0.5, 0.6) is 0 Å². The second-order valence-corrected chi connectivity index (χ2v) is 14.8. The number of aromatic nitrogens is 4. The molecule has 0 N–H and O–H groups in total. The number of fused-ring (bicyclic) bond motifs is 4. The number of para-hydroxylation sites is 2. The van der Waals surface area contributed by atoms with Crippen molar-refractivity contribution >= 4 is 33.0 Å². The maximum atomic E-state index is 7.28. The summed E-state index contributed by atoms with van der Waals surface area (Å²) in [5.41, 5.74) is 10.7. The number of furan rings is 1. The molecule has 0 saturated carbocycles. The number of pyridine rings is 2. The minimum absolute atomic E-state index is 0. The molecule has 6 heteroatoms. The summed E-state index contributed by atoms with van der Waals surface area (Å²) >= 11 is 0. The van der Waals surface area contributed by atoms with Crippen LogP contribution < -0.4 is 0 Å². The van der Waals surface area contributed by atoms with E-state index in [2.05, 4.69) is 113 Å². The molecule has 8 aromatic rings. The van der Waals surface area contributed by atoms with Crippen molar-refractivity contribution in [3.8, 4) is 28.3 Å². The van der Waals surface area contributed by atoms with Crippen molar-refractivity contribution in [2.45, 2.75) is 79.4 Å². The van der Waals surface area contributed by atoms with Crippen LogP contribution in [0.4, 0.5) is 0 Å². The van der Waals surface area contributed by atoms with Crippen molar-refractivity contribution in [2.24, 2.45) is 0 Å². The summed E-state index contributed by atoms with van der Waals surface area (Å²) in [6, 6.07) is 35.0. The predicted molar refractivity (Wildman–Crippen MR) is 215 cm³/mol. The van der Waals surface area contributed by atoms with Gasteiger partial charge < -0.3 is 14.0 Å². The normalized spacial score (nSPS) is 13.8. The molecule has 4 aromatic heterocycles. The molecule has 0 unspecified atom stereocenters. The van der Waals surface area contributed by atoms with Crippen LogP contribution in [0.1, 0.15) is 96.5 Å². The number of imidazole rings is 1. The Balaban J connectivity index is 0.000000236. The van der Waals surface area contributed by atoms with Gasteiger partial charge in [-0.25, -0.2) is 0 Å². The van der Waals surface area contributed by atoms with E-state index in [9.17, 15) is 0 Å². The van der Waals surface area contributed by atoms with E-state index in [1.54, 1.807) is 12.1 Å². The Morgan fingerprint density at radius 3 is 2.15 bits per heavy atom. The standard InChI is InChI=1S/C34H34N3O.C13H12N.Ir/c1-20(2)22-13-10-14-23(21(3)4)31(22)37-28-19-35-30(34(5,6)7)18-27(28)36-33(37)26-16-11-15-25-24-12-8-9-17-29(24)38-32(25)26;1-10-3-6-12(7-4-10)13-8-5-11(2)9-14-13;/h8-15,17-21H,1-7H3;3-6,8-9H,1-2H3;/q2*-1;/i;1D3,2D3;. The van der Waals surface area contributed by atoms with Crippen LogP contribution in [0.15, 0.2) is 108 Å². The van der Waals surface area contributed by atoms with Crippen molar-refractivity contribution in [1.82, 2.24) is 19.5 Å². The van der Waals surface area contributed by atoms with Crippen molar-refractivity contribution in [1.29, 1.82) is 0 Å². The van der Waals surface area contributed by atoms with E-state index in [0.29, 0.717) is 23.1 Å². The molecule has 0 atom stereocenters. The summed E-state index contributed by atoms with van der Waals surface area (Å²) in [6.45, 7) is 11.2. The summed E-state index contributed by atoms with van der Waals surface area (Å²) in [5.74, 6) is 1.50. The molecule has 4 aromatic carbocycles. The zero-order valence-corrected chi connectivity index (χ0v) is 33.4. The number of aryl methyl sites for hydroxylation is 2. The third-order valence-corrected chi connectivity index (χ3v) is 9.29. The molecule has 271 valence electrons. The first kappa shape index (κ1) is 30.5. The van der Waals surface area contributed by atoms with Gasteiger partial charge in [-0.1, -0.05) is 115 Å². The van der Waals surface area contributed by atoms with Crippen molar-refractivity contribution in [3.05, 3.63) is 143 Å². The fraction of sp³-hybridized carbons (Fsp3) is 0.255. The van der Waals surface area contributed by atoms with Gasteiger partial charge in [-0.2, -0.15) is 0 Å². The Hall–Kier alpha value is -4.90. The summed E-state index contributed by atoms with van der Waals surface area (Å²) in [5, 5.41) is 2.17. The van der Waals surface area contributed by atoms with Crippen LogP contribution in [-0.2, 0) is 25.5 Å². The van der Waals surface area contributed by atoms with Crippen LogP contribution >= 0.6 is 0 Å². The molecule has 5 nitrogen and oxygen atoms in total. The number of rotatable bonds is 5. The van der Waals surface area contributed by atoms with Gasteiger partial charge in [0.15, 0.2) is 0 Å². The molecule has 0 spiro atoms. The first-order valence-corrected chi connectivity index (χ1v) is 17.7. The van der Waals surface area contributed by atoms with Gasteiger partial charge in [-0.15, -0.1) is 53.6 Å². The Morgan fingerprint density at radius 2 is 1.51 bits per heavy atom. The molecule has 4 heterocycles. The summed E-state index contributed by atoms with van der Waals surface area (Å²) in [7, 11) is 0. The molecule has 0 aliphatic heterocycles. The van der Waals surface area contributed by atoms with E-state index in [0.717, 1.165) is 50.1 Å². The Morgan fingerprint density at radius 1 is 0.774 bits per heavy atom. The second-order valence-electron chi connectivity index (χ2n) is 14.8. The Kier molecular flexibility index (Phi) is 8.77. The largest absolute Gasteiger partial charge is 0.501 e. The first-order chi connectivity index (χ1) is 27.3. The van der Waals surface area contributed by atoms with Gasteiger partial charge in [0.25, 0.3) is 0 Å². The van der Waals surface area contributed by atoms with Gasteiger partial charge in [-0.3, -0.25) is 9.97 Å². The van der Waals surface area contributed by atoms with Crippen LogP contribution in [0.25, 0.3) is 61.3 Å². The molecule has 8 rings (SSSR count). The van der Waals surface area contributed by atoms with Gasteiger partial charge in [-0.05, 0) is 53.2 Å². The van der Waals surface area contributed by atoms with E-state index in [1.165, 1.54) is 41.2 Å². The molecule has 1 radical (unpaired) electrons. The number of hydrogen-bond acceptors (Lipinski definition) is 4. The fourth-order valence-electron chi connectivity index (χ4n) is 6.55. The molecular weight excluding hydrogens is 829 g/mol. The van der Waals surface area contributed by atoms with E-state index in [1.807, 2.05) is 24.4 Å². The van der Waals surface area contributed by atoms with Crippen LogP contribution in [0, 0.1) is 25.8 Å². The van der Waals surface area contributed by atoms with E-state index in [-0.39, 0.29) is 36.6 Å². The summed E-state index contributed by atoms with van der Waals surface area (Å²) in [4.78, 5) is 14.3. The van der Waals surface area contributed by atoms with E-state index < -0.39 is 13.7 Å². The van der Waals surface area contributed by atoms with Crippen molar-refractivity contribution in [2.75, 3.05) is 0 Å². The summed E-state index contributed by atoms with van der Waals surface area (Å²) in [6.07, 6.45) is 3.29. The van der Waals surface area contributed by atoms with Gasteiger partial charge in [0.05, 0.1) is 28.6 Å². The van der Waals surface area contributed by atoms with Gasteiger partial charge in [0.2, 0.25) is 0 Å².